The van der Waals surface area contributed by atoms with Gasteiger partial charge in [0.15, 0.2) is 0 Å². The van der Waals surface area contributed by atoms with Crippen molar-refractivity contribution in [2.75, 3.05) is 19.8 Å². The maximum atomic E-state index is 13.1. The van der Waals surface area contributed by atoms with E-state index >= 15 is 0 Å². The fourth-order valence-electron chi connectivity index (χ4n) is 3.98. The molecule has 1 amide bonds. The predicted molar refractivity (Wildman–Crippen MR) is 123 cm³/mol. The van der Waals surface area contributed by atoms with Crippen LogP contribution >= 0.6 is 0 Å². The topological polar surface area (TPSA) is 78.2 Å². The monoisotopic (exact) mass is 428 g/mol. The zero-order valence-electron chi connectivity index (χ0n) is 17.8. The van der Waals surface area contributed by atoms with Crippen LogP contribution in [0.5, 0.6) is 0 Å². The summed E-state index contributed by atoms with van der Waals surface area (Å²) < 4.78 is 8.63. The Hall–Kier alpha value is -3.71. The lowest BCUT2D eigenvalue weighted by Gasteiger charge is -2.25. The molecule has 0 atom stereocenters. The average molecular weight is 428 g/mol. The van der Waals surface area contributed by atoms with Crippen molar-refractivity contribution in [1.82, 2.24) is 19.7 Å². The second-order valence-corrected chi connectivity index (χ2v) is 8.20. The van der Waals surface area contributed by atoms with Crippen LogP contribution in [0, 0.1) is 5.92 Å². The number of fused-ring (bicyclic) bond motifs is 1. The maximum absolute atomic E-state index is 13.1. The zero-order chi connectivity index (χ0) is 22.1. The van der Waals surface area contributed by atoms with E-state index in [4.69, 9.17) is 4.74 Å². The summed E-state index contributed by atoms with van der Waals surface area (Å²) in [5.41, 5.74) is 3.45. The van der Waals surface area contributed by atoms with E-state index in [1.807, 2.05) is 60.3 Å². The summed E-state index contributed by atoms with van der Waals surface area (Å²) in [4.78, 5) is 25.5. The normalized spacial score (nSPS) is 13.8. The number of hydrogen-bond acceptors (Lipinski definition) is 4. The van der Waals surface area contributed by atoms with Gasteiger partial charge in [0.05, 0.1) is 25.5 Å². The van der Waals surface area contributed by atoms with Crippen LogP contribution in [-0.4, -0.2) is 40.0 Å². The van der Waals surface area contributed by atoms with Crippen LogP contribution in [0.4, 0.5) is 0 Å². The molecule has 1 fully saturated rings. The second kappa shape index (κ2) is 8.43. The smallest absolute Gasteiger partial charge is 0.258 e. The zero-order valence-corrected chi connectivity index (χ0v) is 17.8. The van der Waals surface area contributed by atoms with Crippen molar-refractivity contribution in [3.63, 3.8) is 0 Å². The molecule has 5 rings (SSSR count). The molecule has 1 saturated heterocycles. The summed E-state index contributed by atoms with van der Waals surface area (Å²) in [6.07, 6.45) is 3.56. The van der Waals surface area contributed by atoms with Crippen molar-refractivity contribution in [2.45, 2.75) is 6.54 Å². The number of rotatable bonds is 6. The van der Waals surface area contributed by atoms with E-state index in [-0.39, 0.29) is 11.5 Å². The number of aromatic nitrogens is 3. The molecule has 0 saturated carbocycles. The molecular formula is C25H24N4O3. The molecule has 0 bridgehead atoms. The van der Waals surface area contributed by atoms with Gasteiger partial charge in [0.1, 0.15) is 0 Å². The van der Waals surface area contributed by atoms with E-state index in [9.17, 15) is 9.59 Å². The molecule has 0 radical (unpaired) electrons. The molecule has 4 aromatic rings. The van der Waals surface area contributed by atoms with Gasteiger partial charge in [-0.1, -0.05) is 18.2 Å². The molecule has 2 aromatic heterocycles. The maximum Gasteiger partial charge on any atom is 0.258 e. The number of hydrogen-bond donors (Lipinski definition) is 1. The molecular weight excluding hydrogens is 404 g/mol. The van der Waals surface area contributed by atoms with E-state index in [1.54, 1.807) is 23.0 Å². The molecule has 2 aromatic carbocycles. The minimum atomic E-state index is -0.104. The van der Waals surface area contributed by atoms with E-state index in [1.165, 1.54) is 0 Å². The molecule has 1 N–H and O–H groups in total. The van der Waals surface area contributed by atoms with Crippen molar-refractivity contribution < 1.29 is 9.53 Å². The average Bonchev–Trinajstić information content (AvgIpc) is 3.20. The first-order valence-electron chi connectivity index (χ1n) is 10.6. The van der Waals surface area contributed by atoms with Crippen LogP contribution in [0.2, 0.25) is 0 Å². The standard InChI is InChI=1S/C25H24N4O3/c1-28-23(7-9-27-28)20-5-6-22-19(12-20)8-10-29(25(22)31)14-17-3-2-4-21(11-17)24(30)26-13-18-15-32-16-18/h2-12,18H,13-16H2,1H3,(H,26,30). The molecule has 1 aliphatic rings. The Bertz CT molecular complexity index is 1350. The number of nitrogens with zero attached hydrogens (tertiary/aromatic N) is 3. The predicted octanol–water partition coefficient (Wildman–Crippen LogP) is 2.83. The Balaban J connectivity index is 1.37. The minimum Gasteiger partial charge on any atom is -0.381 e. The summed E-state index contributed by atoms with van der Waals surface area (Å²) in [6.45, 7) is 2.42. The van der Waals surface area contributed by atoms with Crippen LogP contribution in [0.15, 0.2) is 71.8 Å². The van der Waals surface area contributed by atoms with Gasteiger partial charge in [0, 0.05) is 48.4 Å². The molecule has 0 unspecified atom stereocenters. The summed E-state index contributed by atoms with van der Waals surface area (Å²) >= 11 is 0. The van der Waals surface area contributed by atoms with E-state index in [2.05, 4.69) is 10.4 Å². The highest BCUT2D eigenvalue weighted by atomic mass is 16.5. The van der Waals surface area contributed by atoms with Crippen LogP contribution in [0.1, 0.15) is 15.9 Å². The van der Waals surface area contributed by atoms with Gasteiger partial charge in [-0.3, -0.25) is 14.3 Å². The first-order chi connectivity index (χ1) is 15.6. The van der Waals surface area contributed by atoms with Gasteiger partial charge in [-0.25, -0.2) is 0 Å². The van der Waals surface area contributed by atoms with Gasteiger partial charge in [0.2, 0.25) is 0 Å². The highest BCUT2D eigenvalue weighted by Crippen LogP contribution is 2.22. The van der Waals surface area contributed by atoms with Gasteiger partial charge in [-0.2, -0.15) is 5.10 Å². The fraction of sp³-hybridized carbons (Fsp3) is 0.240. The van der Waals surface area contributed by atoms with Gasteiger partial charge >= 0.3 is 0 Å². The largest absolute Gasteiger partial charge is 0.381 e. The van der Waals surface area contributed by atoms with Gasteiger partial charge < -0.3 is 14.6 Å². The molecule has 32 heavy (non-hydrogen) atoms. The van der Waals surface area contributed by atoms with Gasteiger partial charge in [-0.05, 0) is 47.3 Å². The minimum absolute atomic E-state index is 0.0566. The summed E-state index contributed by atoms with van der Waals surface area (Å²) in [5.74, 6) is 0.295. The summed E-state index contributed by atoms with van der Waals surface area (Å²) in [7, 11) is 1.90. The third-order valence-corrected chi connectivity index (χ3v) is 5.89. The number of carbonyl (C=O) groups excluding carboxylic acids is 1. The molecule has 3 heterocycles. The lowest BCUT2D eigenvalue weighted by atomic mass is 10.1. The second-order valence-electron chi connectivity index (χ2n) is 8.20. The van der Waals surface area contributed by atoms with E-state index < -0.39 is 0 Å². The Morgan fingerprint density at radius 1 is 1.16 bits per heavy atom. The number of nitrogens with one attached hydrogen (secondary N) is 1. The van der Waals surface area contributed by atoms with Crippen LogP contribution in [-0.2, 0) is 18.3 Å². The number of amides is 1. The first kappa shape index (κ1) is 20.2. The molecule has 0 aliphatic carbocycles. The highest BCUT2D eigenvalue weighted by Gasteiger charge is 2.19. The SMILES string of the molecule is Cn1nccc1-c1ccc2c(=O)n(Cc3cccc(C(=O)NCC4COC4)c3)ccc2c1. The third kappa shape index (κ3) is 3.94. The van der Waals surface area contributed by atoms with Crippen LogP contribution in [0.25, 0.3) is 22.0 Å². The fourth-order valence-corrected chi connectivity index (χ4v) is 3.98. The number of ether oxygens (including phenoxy) is 1. The van der Waals surface area contributed by atoms with Crippen LogP contribution in [0.3, 0.4) is 0 Å². The quantitative estimate of drug-likeness (QED) is 0.512. The van der Waals surface area contributed by atoms with E-state index in [0.717, 1.165) is 22.2 Å². The highest BCUT2D eigenvalue weighted by molar-refractivity contribution is 5.94. The van der Waals surface area contributed by atoms with Crippen molar-refractivity contribution in [1.29, 1.82) is 0 Å². The Kier molecular flexibility index (Phi) is 5.33. The number of carbonyl (C=O) groups is 1. The van der Waals surface area contributed by atoms with Crippen LogP contribution < -0.4 is 10.9 Å². The van der Waals surface area contributed by atoms with Gasteiger partial charge in [0.25, 0.3) is 11.5 Å². The van der Waals surface area contributed by atoms with Crippen molar-refractivity contribution >= 4 is 16.7 Å². The van der Waals surface area contributed by atoms with Crippen molar-refractivity contribution in [3.8, 4) is 11.3 Å². The van der Waals surface area contributed by atoms with Gasteiger partial charge in [-0.15, -0.1) is 0 Å². The number of pyridine rings is 1. The molecule has 7 nitrogen and oxygen atoms in total. The lowest BCUT2D eigenvalue weighted by Crippen LogP contribution is -2.39. The third-order valence-electron chi connectivity index (χ3n) is 5.89. The summed E-state index contributed by atoms with van der Waals surface area (Å²) in [6, 6.07) is 17.1. The molecule has 0 spiro atoms. The number of benzene rings is 2. The lowest BCUT2D eigenvalue weighted by molar-refractivity contribution is -0.0298. The molecule has 7 heteroatoms. The Morgan fingerprint density at radius 2 is 2.03 bits per heavy atom. The molecule has 162 valence electrons. The van der Waals surface area contributed by atoms with Crippen molar-refractivity contribution in [2.24, 2.45) is 13.0 Å². The Labute approximate surface area is 185 Å². The molecule has 1 aliphatic heterocycles. The first-order valence-corrected chi connectivity index (χ1v) is 10.6. The number of aryl methyl sites for hydroxylation is 1. The Morgan fingerprint density at radius 3 is 2.78 bits per heavy atom. The van der Waals surface area contributed by atoms with Crippen molar-refractivity contribution in [3.05, 3.63) is 88.5 Å². The summed E-state index contributed by atoms with van der Waals surface area (Å²) in [5, 5.41) is 8.72. The van der Waals surface area contributed by atoms with E-state index in [0.29, 0.717) is 43.2 Å².